The average Bonchev–Trinajstić information content (AvgIpc) is 3.92. The summed E-state index contributed by atoms with van der Waals surface area (Å²) in [6.45, 7) is 0. The molecule has 12 aromatic rings. The molecule has 4 heterocycles. The van der Waals surface area contributed by atoms with Gasteiger partial charge in [0.1, 0.15) is 22.3 Å². The lowest BCUT2D eigenvalue weighted by atomic mass is 9.97. The van der Waals surface area contributed by atoms with Gasteiger partial charge in [0.2, 0.25) is 0 Å². The van der Waals surface area contributed by atoms with Crippen molar-refractivity contribution in [2.75, 3.05) is 0 Å². The molecule has 0 spiro atoms. The lowest BCUT2D eigenvalue weighted by Gasteiger charge is -2.13. The number of hydrogen-bond acceptors (Lipinski definition) is 8. The molecule has 0 aliphatic heterocycles. The monoisotopic (exact) mass is 796 g/mol. The molecule has 0 amide bonds. The number of benzene rings is 8. The Morgan fingerprint density at radius 3 is 1.13 bits per heavy atom. The van der Waals surface area contributed by atoms with E-state index in [-0.39, 0.29) is 0 Å². The highest BCUT2D eigenvalue weighted by molar-refractivity contribution is 6.07. The van der Waals surface area contributed by atoms with E-state index in [2.05, 4.69) is 48.5 Å². The number of fused-ring (bicyclic) bond motifs is 6. The zero-order valence-electron chi connectivity index (χ0n) is 33.0. The fraction of sp³-hybridized carbons (Fsp3) is 0. The minimum Gasteiger partial charge on any atom is -0.456 e. The second-order valence-corrected chi connectivity index (χ2v) is 15.1. The van der Waals surface area contributed by atoms with E-state index in [0.717, 1.165) is 88.4 Å². The van der Waals surface area contributed by atoms with Gasteiger partial charge in [0.25, 0.3) is 0 Å². The topological polar surface area (TPSA) is 104 Å². The molecule has 0 saturated carbocycles. The fourth-order valence-corrected chi connectivity index (χ4v) is 8.18. The van der Waals surface area contributed by atoms with Crippen LogP contribution in [0.5, 0.6) is 0 Å². The number of hydrogen-bond donors (Lipinski definition) is 0. The average molecular weight is 797 g/mol. The molecule has 8 nitrogen and oxygen atoms in total. The maximum atomic E-state index is 6.15. The number of furan rings is 2. The molecule has 0 atom stereocenters. The first-order chi connectivity index (χ1) is 30.7. The molecule has 0 radical (unpaired) electrons. The summed E-state index contributed by atoms with van der Waals surface area (Å²) < 4.78 is 12.3. The van der Waals surface area contributed by atoms with Crippen LogP contribution in [-0.2, 0) is 0 Å². The molecule has 8 heteroatoms. The smallest absolute Gasteiger partial charge is 0.164 e. The second-order valence-electron chi connectivity index (χ2n) is 15.1. The van der Waals surface area contributed by atoms with E-state index < -0.39 is 0 Å². The largest absolute Gasteiger partial charge is 0.456 e. The fourth-order valence-electron chi connectivity index (χ4n) is 8.18. The summed E-state index contributed by atoms with van der Waals surface area (Å²) in [6.07, 6.45) is 0. The summed E-state index contributed by atoms with van der Waals surface area (Å²) in [4.78, 5) is 30.5. The van der Waals surface area contributed by atoms with Gasteiger partial charge in [-0.1, -0.05) is 140 Å². The predicted molar refractivity (Wildman–Crippen MR) is 246 cm³/mol. The van der Waals surface area contributed by atoms with Gasteiger partial charge >= 0.3 is 0 Å². The zero-order chi connectivity index (χ0) is 41.0. The van der Waals surface area contributed by atoms with Crippen molar-refractivity contribution in [2.45, 2.75) is 0 Å². The first-order valence-corrected chi connectivity index (χ1v) is 20.4. The Bertz CT molecular complexity index is 3650. The molecule has 0 bridgehead atoms. The molecule has 0 unspecified atom stereocenters. The summed E-state index contributed by atoms with van der Waals surface area (Å²) in [5, 5.41) is 4.10. The standard InChI is InChI=1S/C54H32N6O2/c1-3-14-33(15-4-1)49-55-51(58-52(56-49)37-26-28-47-43(31-37)40-21-9-11-24-45(40)61-47)36-19-13-18-35(30-36)39-20-7-8-23-42(39)54-59-50(34-16-5-2-6-17-34)57-53(60-54)38-27-29-48-44(32-38)41-22-10-12-25-46(41)62-48/h1-32H. The Labute approximate surface area is 354 Å². The molecule has 12 rings (SSSR count). The molecule has 0 aliphatic rings. The van der Waals surface area contributed by atoms with Crippen molar-refractivity contribution >= 4 is 43.9 Å². The van der Waals surface area contributed by atoms with Gasteiger partial charge in [-0.15, -0.1) is 0 Å². The van der Waals surface area contributed by atoms with Crippen molar-refractivity contribution in [2.24, 2.45) is 0 Å². The predicted octanol–water partition coefficient (Wildman–Crippen LogP) is 13.5. The third kappa shape index (κ3) is 6.26. The van der Waals surface area contributed by atoms with Crippen LogP contribution in [-0.4, -0.2) is 29.9 Å². The molecule has 0 N–H and O–H groups in total. The normalized spacial score (nSPS) is 11.5. The van der Waals surface area contributed by atoms with Crippen molar-refractivity contribution in [3.8, 4) is 79.5 Å². The van der Waals surface area contributed by atoms with Crippen LogP contribution in [0, 0.1) is 0 Å². The van der Waals surface area contributed by atoms with Gasteiger partial charge in [0.15, 0.2) is 34.9 Å². The number of aromatic nitrogens is 6. The Morgan fingerprint density at radius 2 is 0.597 bits per heavy atom. The van der Waals surface area contributed by atoms with Crippen LogP contribution in [0.3, 0.4) is 0 Å². The molecule has 0 fully saturated rings. The summed E-state index contributed by atoms with van der Waals surface area (Å²) in [5.41, 5.74) is 10.4. The zero-order valence-corrected chi connectivity index (χ0v) is 33.0. The SMILES string of the molecule is c1ccc(-c2nc(-c3cccc(-c4ccccc4-c4nc(-c5ccccc5)nc(-c5ccc6oc7ccccc7c6c5)n4)c3)nc(-c3ccc4oc5ccccc5c4c3)n2)cc1. The van der Waals surface area contributed by atoms with Crippen LogP contribution >= 0.6 is 0 Å². The highest BCUT2D eigenvalue weighted by Crippen LogP contribution is 2.37. The molecular weight excluding hydrogens is 765 g/mol. The highest BCUT2D eigenvalue weighted by atomic mass is 16.3. The van der Waals surface area contributed by atoms with Gasteiger partial charge in [0, 0.05) is 54.9 Å². The van der Waals surface area contributed by atoms with Gasteiger partial charge in [-0.25, -0.2) is 29.9 Å². The van der Waals surface area contributed by atoms with Gasteiger partial charge in [-0.05, 0) is 65.7 Å². The molecule has 0 aliphatic carbocycles. The highest BCUT2D eigenvalue weighted by Gasteiger charge is 2.19. The van der Waals surface area contributed by atoms with Gasteiger partial charge in [-0.2, -0.15) is 0 Å². The van der Waals surface area contributed by atoms with E-state index in [9.17, 15) is 0 Å². The number of para-hydroxylation sites is 2. The third-order valence-corrected chi connectivity index (χ3v) is 11.2. The van der Waals surface area contributed by atoms with Crippen molar-refractivity contribution in [1.82, 2.24) is 29.9 Å². The van der Waals surface area contributed by atoms with Crippen LogP contribution in [0.1, 0.15) is 0 Å². The van der Waals surface area contributed by atoms with Crippen molar-refractivity contribution < 1.29 is 8.83 Å². The van der Waals surface area contributed by atoms with E-state index in [1.165, 1.54) is 0 Å². The first kappa shape index (κ1) is 35.3. The molecule has 4 aromatic heterocycles. The van der Waals surface area contributed by atoms with Gasteiger partial charge in [-0.3, -0.25) is 0 Å². The second kappa shape index (κ2) is 14.6. The molecule has 290 valence electrons. The van der Waals surface area contributed by atoms with Crippen molar-refractivity contribution in [3.63, 3.8) is 0 Å². The summed E-state index contributed by atoms with van der Waals surface area (Å²) in [7, 11) is 0. The van der Waals surface area contributed by atoms with Gasteiger partial charge < -0.3 is 8.83 Å². The third-order valence-electron chi connectivity index (χ3n) is 11.2. The molecule has 62 heavy (non-hydrogen) atoms. The van der Waals surface area contributed by atoms with E-state index in [4.69, 9.17) is 38.7 Å². The maximum absolute atomic E-state index is 6.15. The summed E-state index contributed by atoms with van der Waals surface area (Å²) >= 11 is 0. The Kier molecular flexibility index (Phi) is 8.31. The molecular formula is C54H32N6O2. The van der Waals surface area contributed by atoms with E-state index in [1.807, 2.05) is 146 Å². The summed E-state index contributed by atoms with van der Waals surface area (Å²) in [6, 6.07) is 64.9. The summed E-state index contributed by atoms with van der Waals surface area (Å²) in [5.74, 6) is 3.42. The quantitative estimate of drug-likeness (QED) is 0.157. The molecule has 0 saturated heterocycles. The van der Waals surface area contributed by atoms with Gasteiger partial charge in [0.05, 0.1) is 0 Å². The van der Waals surface area contributed by atoms with Crippen LogP contribution in [0.15, 0.2) is 203 Å². The van der Waals surface area contributed by atoms with E-state index in [0.29, 0.717) is 34.9 Å². The van der Waals surface area contributed by atoms with Crippen molar-refractivity contribution in [3.05, 3.63) is 194 Å². The van der Waals surface area contributed by atoms with E-state index >= 15 is 0 Å². The Morgan fingerprint density at radius 1 is 0.226 bits per heavy atom. The van der Waals surface area contributed by atoms with Crippen molar-refractivity contribution in [1.29, 1.82) is 0 Å². The Balaban J connectivity index is 0.990. The lowest BCUT2D eigenvalue weighted by molar-refractivity contribution is 0.668. The lowest BCUT2D eigenvalue weighted by Crippen LogP contribution is -2.01. The van der Waals surface area contributed by atoms with Crippen LogP contribution < -0.4 is 0 Å². The van der Waals surface area contributed by atoms with E-state index in [1.54, 1.807) is 0 Å². The minimum atomic E-state index is 0.557. The first-order valence-electron chi connectivity index (χ1n) is 20.4. The molecule has 8 aromatic carbocycles. The van der Waals surface area contributed by atoms with Crippen LogP contribution in [0.4, 0.5) is 0 Å². The van der Waals surface area contributed by atoms with Crippen LogP contribution in [0.25, 0.3) is 123 Å². The Hall–Kier alpha value is -8.62. The number of nitrogens with zero attached hydrogens (tertiary/aromatic N) is 6. The minimum absolute atomic E-state index is 0.557. The number of rotatable bonds is 7. The maximum Gasteiger partial charge on any atom is 0.164 e. The van der Waals surface area contributed by atoms with Crippen LogP contribution in [0.2, 0.25) is 0 Å².